The van der Waals surface area contributed by atoms with E-state index in [0.29, 0.717) is 0 Å². The predicted molar refractivity (Wildman–Crippen MR) is 106 cm³/mol. The summed E-state index contributed by atoms with van der Waals surface area (Å²) in [6.45, 7) is 0. The number of fused-ring (bicyclic) bond motifs is 1. The minimum atomic E-state index is -1.61. The van der Waals surface area contributed by atoms with Gasteiger partial charge in [0.1, 0.15) is 0 Å². The molecule has 0 radical (unpaired) electrons. The molecule has 31 heavy (non-hydrogen) atoms. The monoisotopic (exact) mass is 432 g/mol. The lowest BCUT2D eigenvalue weighted by Gasteiger charge is -2.32. The van der Waals surface area contributed by atoms with Crippen molar-refractivity contribution >= 4 is 18.0 Å². The standard InChI is InChI=1S/C21H20O10/c1-29-12-7-9(5-11(22)17(12)23)14-15-8(4-10(20(25)26)16(14)21(27)28)6-13(30-2)18(24)19(15)31-3/h4-7,14,16,22-24H,1-3H3,(H,25,26)(H,27,28)/t14-,16-/m1/s1. The topological polar surface area (TPSA) is 163 Å². The van der Waals surface area contributed by atoms with Crippen molar-refractivity contribution < 1.29 is 49.3 Å². The molecule has 0 heterocycles. The van der Waals surface area contributed by atoms with Crippen molar-refractivity contribution in [2.45, 2.75) is 5.92 Å². The Morgan fingerprint density at radius 1 is 0.871 bits per heavy atom. The van der Waals surface area contributed by atoms with Gasteiger partial charge in [-0.3, -0.25) is 4.79 Å². The van der Waals surface area contributed by atoms with Crippen LogP contribution in [-0.4, -0.2) is 58.8 Å². The van der Waals surface area contributed by atoms with E-state index in [0.717, 1.165) is 6.07 Å². The maximum atomic E-state index is 12.2. The van der Waals surface area contributed by atoms with Crippen molar-refractivity contribution in [2.24, 2.45) is 5.92 Å². The lowest BCUT2D eigenvalue weighted by molar-refractivity contribution is -0.144. The van der Waals surface area contributed by atoms with Crippen molar-refractivity contribution in [3.8, 4) is 34.5 Å². The molecule has 0 aromatic heterocycles. The molecule has 0 saturated carbocycles. The Bertz CT molecular complexity index is 1100. The van der Waals surface area contributed by atoms with Gasteiger partial charge in [0.25, 0.3) is 0 Å². The fourth-order valence-electron chi connectivity index (χ4n) is 3.84. The molecule has 0 saturated heterocycles. The van der Waals surface area contributed by atoms with E-state index in [1.165, 1.54) is 39.5 Å². The van der Waals surface area contributed by atoms with E-state index in [2.05, 4.69) is 0 Å². The summed E-state index contributed by atoms with van der Waals surface area (Å²) in [7, 11) is 3.79. The average molecular weight is 432 g/mol. The van der Waals surface area contributed by atoms with Crippen molar-refractivity contribution in [1.82, 2.24) is 0 Å². The second-order valence-corrected chi connectivity index (χ2v) is 6.75. The van der Waals surface area contributed by atoms with Crippen LogP contribution < -0.4 is 14.2 Å². The molecule has 2 atom stereocenters. The van der Waals surface area contributed by atoms with Crippen LogP contribution in [0.15, 0.2) is 23.8 Å². The molecule has 10 heteroatoms. The van der Waals surface area contributed by atoms with E-state index in [9.17, 15) is 35.1 Å². The normalized spacial score (nSPS) is 17.3. The number of aromatic hydroxyl groups is 3. The van der Waals surface area contributed by atoms with Crippen LogP contribution >= 0.6 is 0 Å². The van der Waals surface area contributed by atoms with E-state index in [-0.39, 0.29) is 33.9 Å². The molecule has 5 N–H and O–H groups in total. The van der Waals surface area contributed by atoms with Crippen molar-refractivity contribution in [3.63, 3.8) is 0 Å². The fraction of sp³-hybridized carbons (Fsp3) is 0.238. The van der Waals surface area contributed by atoms with Crippen molar-refractivity contribution in [1.29, 1.82) is 0 Å². The molecule has 164 valence electrons. The molecule has 0 amide bonds. The molecule has 0 spiro atoms. The van der Waals surface area contributed by atoms with Crippen LogP contribution in [0.4, 0.5) is 0 Å². The Kier molecular flexibility index (Phi) is 5.56. The van der Waals surface area contributed by atoms with Gasteiger partial charge in [0.15, 0.2) is 23.0 Å². The van der Waals surface area contributed by atoms with E-state index < -0.39 is 46.6 Å². The van der Waals surface area contributed by atoms with Crippen LogP contribution in [0.2, 0.25) is 0 Å². The zero-order valence-corrected chi connectivity index (χ0v) is 16.7. The Labute approximate surface area is 176 Å². The Morgan fingerprint density at radius 2 is 1.48 bits per heavy atom. The third-order valence-corrected chi connectivity index (χ3v) is 5.17. The highest BCUT2D eigenvalue weighted by atomic mass is 16.5. The maximum Gasteiger partial charge on any atom is 0.332 e. The quantitative estimate of drug-likeness (QED) is 0.427. The highest BCUT2D eigenvalue weighted by molar-refractivity contribution is 6.01. The number of phenolic OH excluding ortho intramolecular Hbond substituents is 3. The van der Waals surface area contributed by atoms with Gasteiger partial charge in [-0.1, -0.05) is 0 Å². The number of methoxy groups -OCH3 is 3. The Balaban J connectivity index is 2.46. The summed E-state index contributed by atoms with van der Waals surface area (Å²) in [6, 6.07) is 3.75. The zero-order valence-electron chi connectivity index (χ0n) is 16.7. The fourth-order valence-corrected chi connectivity index (χ4v) is 3.84. The summed E-state index contributed by atoms with van der Waals surface area (Å²) >= 11 is 0. The summed E-state index contributed by atoms with van der Waals surface area (Å²) in [5.41, 5.74) is 0.116. The highest BCUT2D eigenvalue weighted by Crippen LogP contribution is 2.53. The van der Waals surface area contributed by atoms with Gasteiger partial charge in [-0.2, -0.15) is 0 Å². The highest BCUT2D eigenvalue weighted by Gasteiger charge is 2.44. The van der Waals surface area contributed by atoms with Crippen LogP contribution in [0.25, 0.3) is 6.08 Å². The van der Waals surface area contributed by atoms with E-state index in [1.807, 2.05) is 0 Å². The number of carboxylic acids is 2. The first-order valence-electron chi connectivity index (χ1n) is 8.91. The number of aliphatic carboxylic acids is 2. The molecule has 1 aliphatic carbocycles. The molecule has 0 fully saturated rings. The van der Waals surface area contributed by atoms with E-state index >= 15 is 0 Å². The predicted octanol–water partition coefficient (Wildman–Crippen LogP) is 2.14. The van der Waals surface area contributed by atoms with Gasteiger partial charge < -0.3 is 39.7 Å². The van der Waals surface area contributed by atoms with Crippen LogP contribution in [-0.2, 0) is 9.59 Å². The number of carbonyl (C=O) groups is 2. The van der Waals surface area contributed by atoms with E-state index in [1.54, 1.807) is 0 Å². The van der Waals surface area contributed by atoms with Gasteiger partial charge in [0.05, 0.1) is 32.8 Å². The number of ether oxygens (including phenoxy) is 3. The molecule has 0 bridgehead atoms. The molecule has 2 aromatic carbocycles. The SMILES string of the molecule is COc1cc([C@@H]2c3c(cc(OC)c(O)c3OC)C=C(C(=O)O)[C@H]2C(=O)O)cc(O)c1O. The largest absolute Gasteiger partial charge is 0.504 e. The van der Waals surface area contributed by atoms with Crippen LogP contribution in [0.1, 0.15) is 22.6 Å². The van der Waals surface area contributed by atoms with Crippen LogP contribution in [0.3, 0.4) is 0 Å². The van der Waals surface area contributed by atoms with Gasteiger partial charge in [0, 0.05) is 11.5 Å². The summed E-state index contributed by atoms with van der Waals surface area (Å²) in [5, 5.41) is 50.3. The second-order valence-electron chi connectivity index (χ2n) is 6.75. The van der Waals surface area contributed by atoms with Crippen LogP contribution in [0.5, 0.6) is 34.5 Å². The molecule has 0 unspecified atom stereocenters. The van der Waals surface area contributed by atoms with Crippen molar-refractivity contribution in [3.05, 3.63) is 40.5 Å². The van der Waals surface area contributed by atoms with Crippen molar-refractivity contribution in [2.75, 3.05) is 21.3 Å². The number of benzene rings is 2. The number of carboxylic acid groups (broad SMARTS) is 2. The minimum absolute atomic E-state index is 0.00440. The first-order chi connectivity index (χ1) is 14.7. The van der Waals surface area contributed by atoms with Gasteiger partial charge >= 0.3 is 11.9 Å². The summed E-state index contributed by atoms with van der Waals surface area (Å²) in [5.74, 6) is -7.57. The summed E-state index contributed by atoms with van der Waals surface area (Å²) in [4.78, 5) is 24.1. The smallest absolute Gasteiger partial charge is 0.332 e. The van der Waals surface area contributed by atoms with Gasteiger partial charge in [-0.15, -0.1) is 0 Å². The molecule has 1 aliphatic rings. The number of phenols is 3. The molecule has 10 nitrogen and oxygen atoms in total. The third kappa shape index (κ3) is 3.41. The third-order valence-electron chi connectivity index (χ3n) is 5.17. The molecule has 3 rings (SSSR count). The van der Waals surface area contributed by atoms with Gasteiger partial charge in [-0.25, -0.2) is 4.79 Å². The first kappa shape index (κ1) is 21.6. The van der Waals surface area contributed by atoms with Crippen LogP contribution in [0, 0.1) is 5.92 Å². The number of hydrogen-bond donors (Lipinski definition) is 5. The lowest BCUT2D eigenvalue weighted by Crippen LogP contribution is -2.31. The van der Waals surface area contributed by atoms with Gasteiger partial charge in [-0.05, 0) is 35.4 Å². The molecule has 2 aromatic rings. The lowest BCUT2D eigenvalue weighted by atomic mass is 9.70. The van der Waals surface area contributed by atoms with Gasteiger partial charge in [0.2, 0.25) is 11.5 Å². The first-order valence-corrected chi connectivity index (χ1v) is 8.91. The number of rotatable bonds is 6. The molecule has 0 aliphatic heterocycles. The van der Waals surface area contributed by atoms with E-state index in [4.69, 9.17) is 14.2 Å². The zero-order chi connectivity index (χ0) is 23.0. The second kappa shape index (κ2) is 7.98. The minimum Gasteiger partial charge on any atom is -0.504 e. The summed E-state index contributed by atoms with van der Waals surface area (Å²) in [6.07, 6.45) is 1.18. The Hall–Kier alpha value is -4.08. The molecular formula is C21H20O10. The Morgan fingerprint density at radius 3 is 2.00 bits per heavy atom. The maximum absolute atomic E-state index is 12.2. The number of hydrogen-bond acceptors (Lipinski definition) is 8. The molecular weight excluding hydrogens is 412 g/mol. The summed E-state index contributed by atoms with van der Waals surface area (Å²) < 4.78 is 15.5. The average Bonchev–Trinajstić information content (AvgIpc) is 2.73.